The van der Waals surface area contributed by atoms with Gasteiger partial charge in [0.05, 0.1) is 24.7 Å². The van der Waals surface area contributed by atoms with E-state index >= 15 is 0 Å². The fourth-order valence-electron chi connectivity index (χ4n) is 4.33. The summed E-state index contributed by atoms with van der Waals surface area (Å²) in [7, 11) is 1.58. The molecular formula is C27H26N4O4. The summed E-state index contributed by atoms with van der Waals surface area (Å²) in [6, 6.07) is 22.2. The van der Waals surface area contributed by atoms with Crippen molar-refractivity contribution in [2.24, 2.45) is 5.92 Å². The molecule has 1 saturated heterocycles. The van der Waals surface area contributed by atoms with Gasteiger partial charge >= 0.3 is 0 Å². The maximum absolute atomic E-state index is 13.5. The summed E-state index contributed by atoms with van der Waals surface area (Å²) in [4.78, 5) is 28.2. The number of nitrogens with zero attached hydrogens (tertiary/aromatic N) is 3. The number of amides is 2. The van der Waals surface area contributed by atoms with Crippen molar-refractivity contribution in [3.63, 3.8) is 0 Å². The van der Waals surface area contributed by atoms with Crippen LogP contribution in [0.25, 0.3) is 17.1 Å². The molecule has 1 aliphatic rings. The number of likely N-dealkylation sites (tertiary alicyclic amines) is 1. The van der Waals surface area contributed by atoms with Crippen LogP contribution in [0.2, 0.25) is 0 Å². The van der Waals surface area contributed by atoms with Crippen LogP contribution >= 0.6 is 0 Å². The molecule has 8 heteroatoms. The van der Waals surface area contributed by atoms with Crippen LogP contribution < -0.4 is 10.1 Å². The second-order valence-electron chi connectivity index (χ2n) is 8.40. The lowest BCUT2D eigenvalue weighted by molar-refractivity contribution is -0.121. The van der Waals surface area contributed by atoms with Gasteiger partial charge in [0.1, 0.15) is 17.1 Å². The second kappa shape index (κ2) is 9.89. The van der Waals surface area contributed by atoms with Crippen LogP contribution in [0.3, 0.4) is 0 Å². The van der Waals surface area contributed by atoms with Crippen LogP contribution in [0, 0.1) is 5.92 Å². The maximum Gasteiger partial charge on any atom is 0.272 e. The minimum Gasteiger partial charge on any atom is -0.495 e. The highest BCUT2D eigenvalue weighted by Gasteiger charge is 2.30. The molecular weight excluding hydrogens is 444 g/mol. The Bertz CT molecular complexity index is 1310. The smallest absolute Gasteiger partial charge is 0.272 e. The van der Waals surface area contributed by atoms with Gasteiger partial charge in [-0.3, -0.25) is 9.59 Å². The highest BCUT2D eigenvalue weighted by molar-refractivity contribution is 5.96. The third-order valence-electron chi connectivity index (χ3n) is 6.22. The Labute approximate surface area is 203 Å². The van der Waals surface area contributed by atoms with E-state index < -0.39 is 0 Å². The predicted octanol–water partition coefficient (Wildman–Crippen LogP) is 4.63. The van der Waals surface area contributed by atoms with E-state index in [-0.39, 0.29) is 17.7 Å². The number of hydrogen-bond acceptors (Lipinski definition) is 5. The average Bonchev–Trinajstić information content (AvgIpc) is 3.60. The summed E-state index contributed by atoms with van der Waals surface area (Å²) in [6.07, 6.45) is 2.74. The summed E-state index contributed by atoms with van der Waals surface area (Å²) in [5, 5.41) is 7.61. The van der Waals surface area contributed by atoms with Gasteiger partial charge in [-0.15, -0.1) is 0 Å². The van der Waals surface area contributed by atoms with Crippen LogP contribution in [-0.2, 0) is 4.79 Å². The molecule has 2 amide bonds. The number of furan rings is 1. The van der Waals surface area contributed by atoms with Gasteiger partial charge < -0.3 is 19.4 Å². The Morgan fingerprint density at radius 1 is 1.00 bits per heavy atom. The molecule has 8 nitrogen and oxygen atoms in total. The Kier molecular flexibility index (Phi) is 6.34. The number of carbonyl (C=O) groups excluding carboxylic acids is 2. The molecule has 178 valence electrons. The molecule has 0 radical (unpaired) electrons. The summed E-state index contributed by atoms with van der Waals surface area (Å²) in [6.45, 7) is 0.970. The van der Waals surface area contributed by atoms with Crippen molar-refractivity contribution >= 4 is 17.5 Å². The van der Waals surface area contributed by atoms with E-state index in [1.807, 2.05) is 60.7 Å². The van der Waals surface area contributed by atoms with Gasteiger partial charge in [-0.1, -0.05) is 30.3 Å². The minimum absolute atomic E-state index is 0.0592. The van der Waals surface area contributed by atoms with Gasteiger partial charge in [0.25, 0.3) is 5.91 Å². The van der Waals surface area contributed by atoms with Crippen molar-refractivity contribution in [2.45, 2.75) is 12.8 Å². The van der Waals surface area contributed by atoms with Crippen LogP contribution in [0.5, 0.6) is 5.75 Å². The highest BCUT2D eigenvalue weighted by atomic mass is 16.5. The maximum atomic E-state index is 13.5. The second-order valence-corrected chi connectivity index (χ2v) is 8.40. The largest absolute Gasteiger partial charge is 0.495 e. The van der Waals surface area contributed by atoms with Gasteiger partial charge in [-0.2, -0.15) is 5.10 Å². The van der Waals surface area contributed by atoms with Crippen molar-refractivity contribution < 1.29 is 18.7 Å². The number of methoxy groups -OCH3 is 1. The SMILES string of the molecule is COc1ccccc1NC(=O)C1CCN(C(=O)c2cc(-c3ccco3)nn2-c2ccccc2)CC1. The Morgan fingerprint density at radius 2 is 1.74 bits per heavy atom. The first-order valence-corrected chi connectivity index (χ1v) is 11.6. The molecule has 0 atom stereocenters. The van der Waals surface area contributed by atoms with Gasteiger partial charge in [-0.05, 0) is 49.2 Å². The molecule has 3 heterocycles. The van der Waals surface area contributed by atoms with Crippen LogP contribution in [0.15, 0.2) is 83.5 Å². The topological polar surface area (TPSA) is 89.6 Å². The van der Waals surface area contributed by atoms with Crippen molar-refractivity contribution in [3.8, 4) is 22.9 Å². The number of ether oxygens (including phenoxy) is 1. The molecule has 0 bridgehead atoms. The van der Waals surface area contributed by atoms with Gasteiger partial charge in [0.2, 0.25) is 5.91 Å². The molecule has 5 rings (SSSR count). The molecule has 0 unspecified atom stereocenters. The van der Waals surface area contributed by atoms with Crippen LogP contribution in [-0.4, -0.2) is 46.7 Å². The lowest BCUT2D eigenvalue weighted by Gasteiger charge is -2.31. The predicted molar refractivity (Wildman–Crippen MR) is 132 cm³/mol. The lowest BCUT2D eigenvalue weighted by atomic mass is 9.95. The number of rotatable bonds is 6. The van der Waals surface area contributed by atoms with E-state index in [2.05, 4.69) is 10.4 Å². The fourth-order valence-corrected chi connectivity index (χ4v) is 4.33. The first-order valence-electron chi connectivity index (χ1n) is 11.6. The summed E-state index contributed by atoms with van der Waals surface area (Å²) in [5.74, 6) is 0.857. The quantitative estimate of drug-likeness (QED) is 0.444. The van der Waals surface area contributed by atoms with Crippen molar-refractivity contribution in [3.05, 3.63) is 84.8 Å². The number of hydrogen-bond donors (Lipinski definition) is 1. The van der Waals surface area contributed by atoms with E-state index in [1.165, 1.54) is 0 Å². The van der Waals surface area contributed by atoms with Crippen LogP contribution in [0.4, 0.5) is 5.69 Å². The summed E-state index contributed by atoms with van der Waals surface area (Å²) in [5.41, 5.74) is 2.49. The van der Waals surface area contributed by atoms with Crippen molar-refractivity contribution in [1.82, 2.24) is 14.7 Å². The number of anilines is 1. The fraction of sp³-hybridized carbons (Fsp3) is 0.222. The van der Waals surface area contributed by atoms with E-state index in [9.17, 15) is 9.59 Å². The Balaban J connectivity index is 1.31. The molecule has 0 aliphatic carbocycles. The first-order chi connectivity index (χ1) is 17.1. The minimum atomic E-state index is -0.179. The standard InChI is InChI=1S/C27H26N4O4/c1-34-24-11-6-5-10-21(24)28-26(32)19-13-15-30(16-14-19)27(33)23-18-22(25-12-7-17-35-25)29-31(23)20-8-3-2-4-9-20/h2-12,17-19H,13-16H2,1H3,(H,28,32). The summed E-state index contributed by atoms with van der Waals surface area (Å²) >= 11 is 0. The zero-order valence-electron chi connectivity index (χ0n) is 19.4. The molecule has 35 heavy (non-hydrogen) atoms. The number of benzene rings is 2. The number of aromatic nitrogens is 2. The average molecular weight is 471 g/mol. The molecule has 1 fully saturated rings. The molecule has 2 aromatic heterocycles. The molecule has 1 aliphatic heterocycles. The van der Waals surface area contributed by atoms with Crippen molar-refractivity contribution in [2.75, 3.05) is 25.5 Å². The number of nitrogens with one attached hydrogen (secondary N) is 1. The van der Waals surface area contributed by atoms with Gasteiger partial charge in [0.15, 0.2) is 5.76 Å². The monoisotopic (exact) mass is 470 g/mol. The zero-order chi connectivity index (χ0) is 24.2. The molecule has 4 aromatic rings. The molecule has 0 saturated carbocycles. The molecule has 1 N–H and O–H groups in total. The van der Waals surface area contributed by atoms with E-state index in [4.69, 9.17) is 9.15 Å². The van der Waals surface area contributed by atoms with E-state index in [0.29, 0.717) is 54.5 Å². The van der Waals surface area contributed by atoms with Crippen LogP contribution in [0.1, 0.15) is 23.3 Å². The van der Waals surface area contributed by atoms with E-state index in [1.54, 1.807) is 35.1 Å². The number of piperidine rings is 1. The Morgan fingerprint density at radius 3 is 2.46 bits per heavy atom. The number of carbonyl (C=O) groups is 2. The molecule has 0 spiro atoms. The first kappa shape index (κ1) is 22.5. The van der Waals surface area contributed by atoms with Crippen molar-refractivity contribution in [1.29, 1.82) is 0 Å². The zero-order valence-corrected chi connectivity index (χ0v) is 19.4. The highest BCUT2D eigenvalue weighted by Crippen LogP contribution is 2.27. The lowest BCUT2D eigenvalue weighted by Crippen LogP contribution is -2.42. The third-order valence-corrected chi connectivity index (χ3v) is 6.22. The van der Waals surface area contributed by atoms with E-state index in [0.717, 1.165) is 5.69 Å². The van der Waals surface area contributed by atoms with Gasteiger partial charge in [-0.25, -0.2) is 4.68 Å². The Hall–Kier alpha value is -4.33. The molecule has 2 aromatic carbocycles. The summed E-state index contributed by atoms with van der Waals surface area (Å²) < 4.78 is 12.5. The number of para-hydroxylation sites is 3. The van der Waals surface area contributed by atoms with Gasteiger partial charge in [0, 0.05) is 25.1 Å². The third kappa shape index (κ3) is 4.68. The normalized spacial score (nSPS) is 14.0.